The van der Waals surface area contributed by atoms with E-state index in [0.29, 0.717) is 0 Å². The van der Waals surface area contributed by atoms with Crippen molar-refractivity contribution in [1.82, 2.24) is 20.4 Å². The molecule has 0 aliphatic rings. The summed E-state index contributed by atoms with van der Waals surface area (Å²) < 4.78 is 20.9. The van der Waals surface area contributed by atoms with E-state index in [-0.39, 0.29) is 41.0 Å². The predicted octanol–water partition coefficient (Wildman–Crippen LogP) is 4.74. The number of nitrogens with one attached hydrogen (secondary N) is 2. The van der Waals surface area contributed by atoms with Gasteiger partial charge in [-0.25, -0.2) is 4.39 Å². The zero-order valence-electron chi connectivity index (χ0n) is 21.1. The molecule has 0 unspecified atom stereocenters. The highest BCUT2D eigenvalue weighted by atomic mass is 19.1. The Balaban J connectivity index is 1.88. The van der Waals surface area contributed by atoms with E-state index in [1.54, 1.807) is 18.2 Å². The smallest absolute Gasteiger partial charge is 0.272 e. The fourth-order valence-corrected chi connectivity index (χ4v) is 3.57. The monoisotopic (exact) mass is 480 g/mol. The Kier molecular flexibility index (Phi) is 7.94. The van der Waals surface area contributed by atoms with Gasteiger partial charge < -0.3 is 15.4 Å². The minimum absolute atomic E-state index is 0.0483. The highest BCUT2D eigenvalue weighted by Gasteiger charge is 2.26. The van der Waals surface area contributed by atoms with Crippen LogP contribution in [0.25, 0.3) is 5.69 Å². The summed E-state index contributed by atoms with van der Waals surface area (Å²) in [7, 11) is 1.42. The minimum Gasteiger partial charge on any atom is -0.481 e. The van der Waals surface area contributed by atoms with Crippen LogP contribution in [0, 0.1) is 18.2 Å². The zero-order valence-corrected chi connectivity index (χ0v) is 21.1. The van der Waals surface area contributed by atoms with E-state index >= 15 is 0 Å². The molecule has 0 saturated heterocycles. The van der Waals surface area contributed by atoms with Crippen LogP contribution in [0.2, 0.25) is 0 Å². The number of benzene rings is 2. The van der Waals surface area contributed by atoms with Crippen molar-refractivity contribution in [3.8, 4) is 11.6 Å². The number of aryl methyl sites for hydroxylation is 1. The average Bonchev–Trinajstić information content (AvgIpc) is 3.23. The maximum atomic E-state index is 14.3. The fourth-order valence-electron chi connectivity index (χ4n) is 3.57. The van der Waals surface area contributed by atoms with Crippen LogP contribution in [0.5, 0.6) is 5.88 Å². The molecular formula is C27H33FN4O3. The lowest BCUT2D eigenvalue weighted by Gasteiger charge is -2.29. The third kappa shape index (κ3) is 6.26. The van der Waals surface area contributed by atoms with Gasteiger partial charge in [0.1, 0.15) is 11.5 Å². The molecule has 0 spiro atoms. The molecule has 0 fully saturated rings. The number of hydrogen-bond acceptors (Lipinski definition) is 4. The van der Waals surface area contributed by atoms with Crippen LogP contribution in [0.1, 0.15) is 61.8 Å². The van der Waals surface area contributed by atoms with Gasteiger partial charge in [-0.3, -0.25) is 9.59 Å². The zero-order chi connectivity index (χ0) is 25.8. The van der Waals surface area contributed by atoms with Gasteiger partial charge in [0.15, 0.2) is 5.69 Å². The summed E-state index contributed by atoms with van der Waals surface area (Å²) in [6, 6.07) is 14.5. The van der Waals surface area contributed by atoms with Crippen LogP contribution in [0.15, 0.2) is 54.6 Å². The number of carbonyl (C=O) groups excluding carboxylic acids is 2. The van der Waals surface area contributed by atoms with Gasteiger partial charge in [-0.2, -0.15) is 9.78 Å². The molecule has 35 heavy (non-hydrogen) atoms. The number of para-hydroxylation sites is 1. The fraction of sp³-hybridized carbons (Fsp3) is 0.370. The second-order valence-electron chi connectivity index (χ2n) is 9.68. The third-order valence-corrected chi connectivity index (χ3v) is 6.13. The lowest BCUT2D eigenvalue weighted by atomic mass is 9.88. The topological polar surface area (TPSA) is 85.2 Å². The van der Waals surface area contributed by atoms with Crippen molar-refractivity contribution in [1.29, 1.82) is 0 Å². The Bertz CT molecular complexity index is 1200. The van der Waals surface area contributed by atoms with Crippen LogP contribution in [-0.4, -0.2) is 34.7 Å². The molecule has 0 aliphatic carbocycles. The first-order valence-electron chi connectivity index (χ1n) is 11.6. The number of ether oxygens (including phenoxy) is 1. The summed E-state index contributed by atoms with van der Waals surface area (Å²) in [6.07, 6.45) is 0.0577. The standard InChI is InChI=1S/C27H33FN4O3/c1-17-11-7-8-12-19(17)21(15-24(33)29-18(2)27(3,4)5)30-26(34)22-16-25(35-6)32(31-22)23-14-10-9-13-20(23)28/h7-14,16,18,21H,15H2,1-6H3,(H,29,33)(H,30,34)/t18-,21-/m0/s1. The number of halogens is 1. The Morgan fingerprint density at radius 2 is 1.74 bits per heavy atom. The van der Waals surface area contributed by atoms with E-state index in [4.69, 9.17) is 4.74 Å². The summed E-state index contributed by atoms with van der Waals surface area (Å²) >= 11 is 0. The largest absolute Gasteiger partial charge is 0.481 e. The molecule has 0 bridgehead atoms. The quantitative estimate of drug-likeness (QED) is 0.488. The van der Waals surface area contributed by atoms with E-state index in [1.807, 2.05) is 38.1 Å². The van der Waals surface area contributed by atoms with Gasteiger partial charge in [-0.1, -0.05) is 57.2 Å². The van der Waals surface area contributed by atoms with E-state index in [0.717, 1.165) is 11.1 Å². The molecule has 0 radical (unpaired) electrons. The van der Waals surface area contributed by atoms with Crippen LogP contribution < -0.4 is 15.4 Å². The van der Waals surface area contributed by atoms with Gasteiger partial charge in [0, 0.05) is 12.1 Å². The minimum atomic E-state index is -0.583. The molecule has 186 valence electrons. The number of rotatable bonds is 8. The number of methoxy groups -OCH3 is 1. The maximum Gasteiger partial charge on any atom is 0.272 e. The lowest BCUT2D eigenvalue weighted by Crippen LogP contribution is -2.43. The Hall–Kier alpha value is -3.68. The Morgan fingerprint density at radius 3 is 2.37 bits per heavy atom. The normalized spacial score (nSPS) is 13.1. The van der Waals surface area contributed by atoms with Crippen molar-refractivity contribution in [2.24, 2.45) is 5.41 Å². The third-order valence-electron chi connectivity index (χ3n) is 6.13. The second-order valence-corrected chi connectivity index (χ2v) is 9.68. The van der Waals surface area contributed by atoms with Crippen LogP contribution >= 0.6 is 0 Å². The van der Waals surface area contributed by atoms with E-state index in [1.165, 1.54) is 23.9 Å². The summed E-state index contributed by atoms with van der Waals surface area (Å²) in [5.41, 5.74) is 1.89. The van der Waals surface area contributed by atoms with Crippen molar-refractivity contribution < 1.29 is 18.7 Å². The molecule has 0 saturated carbocycles. The maximum absolute atomic E-state index is 14.3. The van der Waals surface area contributed by atoms with Gasteiger partial charge in [0.05, 0.1) is 19.6 Å². The molecule has 3 aromatic rings. The lowest BCUT2D eigenvalue weighted by molar-refractivity contribution is -0.122. The van der Waals surface area contributed by atoms with E-state index in [2.05, 4.69) is 36.5 Å². The number of carbonyl (C=O) groups is 2. The first kappa shape index (κ1) is 25.9. The van der Waals surface area contributed by atoms with Crippen molar-refractivity contribution in [2.75, 3.05) is 7.11 Å². The molecule has 8 heteroatoms. The van der Waals surface area contributed by atoms with E-state index < -0.39 is 17.8 Å². The van der Waals surface area contributed by atoms with Gasteiger partial charge >= 0.3 is 0 Å². The van der Waals surface area contributed by atoms with Crippen LogP contribution in [0.4, 0.5) is 4.39 Å². The average molecular weight is 481 g/mol. The summed E-state index contributed by atoms with van der Waals surface area (Å²) in [4.78, 5) is 26.1. The molecule has 2 atom stereocenters. The molecule has 0 aliphatic heterocycles. The van der Waals surface area contributed by atoms with E-state index in [9.17, 15) is 14.0 Å². The number of aromatic nitrogens is 2. The Labute approximate surface area is 205 Å². The summed E-state index contributed by atoms with van der Waals surface area (Å²) in [5, 5.41) is 10.3. The summed E-state index contributed by atoms with van der Waals surface area (Å²) in [5.74, 6) is -0.952. The SMILES string of the molecule is COc1cc(C(=O)N[C@@H](CC(=O)N[C@@H](C)C(C)(C)C)c2ccccc2C)nn1-c1ccccc1F. The molecule has 7 nitrogen and oxygen atoms in total. The van der Waals surface area contributed by atoms with Crippen LogP contribution in [-0.2, 0) is 4.79 Å². The first-order valence-corrected chi connectivity index (χ1v) is 11.6. The molecule has 2 N–H and O–H groups in total. The Morgan fingerprint density at radius 1 is 1.09 bits per heavy atom. The molecule has 3 rings (SSSR count). The highest BCUT2D eigenvalue weighted by molar-refractivity contribution is 5.93. The van der Waals surface area contributed by atoms with Gasteiger partial charge in [-0.05, 0) is 42.5 Å². The molecular weight excluding hydrogens is 447 g/mol. The number of hydrogen-bond donors (Lipinski definition) is 2. The number of amides is 2. The van der Waals surface area contributed by atoms with Crippen molar-refractivity contribution >= 4 is 11.8 Å². The molecule has 2 aromatic carbocycles. The van der Waals surface area contributed by atoms with Gasteiger partial charge in [0.2, 0.25) is 11.8 Å². The van der Waals surface area contributed by atoms with Crippen LogP contribution in [0.3, 0.4) is 0 Å². The van der Waals surface area contributed by atoms with Gasteiger partial charge in [-0.15, -0.1) is 0 Å². The second kappa shape index (κ2) is 10.7. The van der Waals surface area contributed by atoms with Crippen molar-refractivity contribution in [2.45, 2.75) is 53.1 Å². The van der Waals surface area contributed by atoms with Crippen molar-refractivity contribution in [3.63, 3.8) is 0 Å². The summed E-state index contributed by atoms with van der Waals surface area (Å²) in [6.45, 7) is 10.1. The molecule has 1 aromatic heterocycles. The molecule has 2 amide bonds. The number of nitrogens with zero attached hydrogens (tertiary/aromatic N) is 2. The van der Waals surface area contributed by atoms with Gasteiger partial charge in [0.25, 0.3) is 5.91 Å². The molecule has 1 heterocycles. The van der Waals surface area contributed by atoms with Crippen molar-refractivity contribution in [3.05, 3.63) is 77.2 Å². The predicted molar refractivity (Wildman–Crippen MR) is 133 cm³/mol. The highest BCUT2D eigenvalue weighted by Crippen LogP contribution is 2.25. The first-order chi connectivity index (χ1) is 16.5.